The van der Waals surface area contributed by atoms with Crippen molar-refractivity contribution in [3.05, 3.63) is 45.6 Å². The van der Waals surface area contributed by atoms with E-state index in [4.69, 9.17) is 11.0 Å². The highest BCUT2D eigenvalue weighted by molar-refractivity contribution is 7.78. The molecule has 7 heteroatoms. The number of allylic oxidation sites excluding steroid dienone is 1. The van der Waals surface area contributed by atoms with Crippen LogP contribution in [-0.2, 0) is 0 Å². The largest absolute Gasteiger partial charge is 0.396 e. The molecular weight excluding hydrogens is 240 g/mol. The van der Waals surface area contributed by atoms with Gasteiger partial charge >= 0.3 is 0 Å². The van der Waals surface area contributed by atoms with Crippen molar-refractivity contribution in [3.63, 3.8) is 0 Å². The summed E-state index contributed by atoms with van der Waals surface area (Å²) in [6.45, 7) is 0. The van der Waals surface area contributed by atoms with Crippen LogP contribution in [-0.4, -0.2) is 10.4 Å². The van der Waals surface area contributed by atoms with Crippen LogP contribution in [0.2, 0.25) is 0 Å². The number of nitrogens with two attached hydrogens (primary N) is 1. The van der Waals surface area contributed by atoms with Crippen LogP contribution in [0, 0.1) is 21.4 Å². The lowest BCUT2D eigenvalue weighted by Gasteiger charge is -2.04. The van der Waals surface area contributed by atoms with E-state index in [0.29, 0.717) is 5.56 Å². The smallest absolute Gasteiger partial charge is 0.269 e. The Labute approximate surface area is 102 Å². The summed E-state index contributed by atoms with van der Waals surface area (Å²) in [6.07, 6.45) is 0. The molecule has 0 heterocycles. The molecule has 0 aliphatic heterocycles. The molecule has 0 aliphatic rings. The Morgan fingerprint density at radius 1 is 1.53 bits per heavy atom. The molecule has 0 saturated heterocycles. The molecule has 0 atom stereocenters. The summed E-state index contributed by atoms with van der Waals surface area (Å²) in [5, 5.41) is 21.8. The Morgan fingerprint density at radius 3 is 2.53 bits per heavy atom. The van der Waals surface area contributed by atoms with E-state index in [2.05, 4.69) is 17.5 Å². The van der Waals surface area contributed by atoms with Crippen LogP contribution in [0.4, 0.5) is 5.69 Å². The maximum atomic E-state index is 10.5. The quantitative estimate of drug-likeness (QED) is 0.360. The Hall–Kier alpha value is -2.46. The van der Waals surface area contributed by atoms with Gasteiger partial charge < -0.3 is 11.1 Å². The number of nitrogens with one attached hydrogen (secondary N) is 1. The Morgan fingerprint density at radius 2 is 2.12 bits per heavy atom. The van der Waals surface area contributed by atoms with Gasteiger partial charge in [-0.3, -0.25) is 10.1 Å². The second kappa shape index (κ2) is 5.58. The molecule has 0 saturated carbocycles. The molecule has 0 aliphatic carbocycles. The average Bonchev–Trinajstić information content (AvgIpc) is 2.35. The molecule has 1 aromatic rings. The topological polar surface area (TPSA) is 105 Å². The van der Waals surface area contributed by atoms with Crippen molar-refractivity contribution in [1.29, 1.82) is 5.26 Å². The van der Waals surface area contributed by atoms with E-state index in [-0.39, 0.29) is 17.1 Å². The van der Waals surface area contributed by atoms with E-state index >= 15 is 0 Å². The van der Waals surface area contributed by atoms with E-state index in [1.807, 2.05) is 6.07 Å². The summed E-state index contributed by atoms with van der Waals surface area (Å²) in [5.41, 5.74) is 7.64. The molecule has 17 heavy (non-hydrogen) atoms. The van der Waals surface area contributed by atoms with Crippen molar-refractivity contribution in [2.24, 2.45) is 5.73 Å². The van der Waals surface area contributed by atoms with E-state index in [1.165, 1.54) is 24.3 Å². The minimum absolute atomic E-state index is 0.0390. The first kappa shape index (κ1) is 12.6. The predicted octanol–water partition coefficient (Wildman–Crippen LogP) is 1.29. The molecule has 6 nitrogen and oxygen atoms in total. The van der Waals surface area contributed by atoms with Gasteiger partial charge in [0.15, 0.2) is 0 Å². The number of nitro groups is 1. The van der Waals surface area contributed by atoms with Gasteiger partial charge in [0.2, 0.25) is 0 Å². The molecule has 0 spiro atoms. The number of nitrogens with zero attached hydrogens (tertiary/aromatic N) is 2. The first-order valence-electron chi connectivity index (χ1n) is 4.45. The molecular formula is C10H8N4O2S. The zero-order valence-corrected chi connectivity index (χ0v) is 9.40. The van der Waals surface area contributed by atoms with Crippen molar-refractivity contribution < 1.29 is 4.92 Å². The lowest BCUT2D eigenvalue weighted by Crippen LogP contribution is -2.13. The average molecular weight is 248 g/mol. The number of benzene rings is 1. The Balaban J connectivity index is 3.12. The summed E-state index contributed by atoms with van der Waals surface area (Å²) in [6, 6.07) is 7.41. The lowest BCUT2D eigenvalue weighted by molar-refractivity contribution is -0.384. The second-order valence-corrected chi connectivity index (χ2v) is 3.20. The van der Waals surface area contributed by atoms with Gasteiger partial charge in [0, 0.05) is 17.7 Å². The molecule has 0 amide bonds. The number of rotatable bonds is 4. The molecule has 0 fully saturated rings. The molecule has 0 bridgehead atoms. The summed E-state index contributed by atoms with van der Waals surface area (Å²) in [5.74, 6) is 0. The molecule has 1 aromatic carbocycles. The van der Waals surface area contributed by atoms with Crippen LogP contribution in [0.5, 0.6) is 0 Å². The van der Waals surface area contributed by atoms with Gasteiger partial charge in [-0.25, -0.2) is 0 Å². The number of thiocarbonyl (C=S) groups is 1. The van der Waals surface area contributed by atoms with Crippen LogP contribution in [0.15, 0.2) is 30.0 Å². The fourth-order valence-electron chi connectivity index (χ4n) is 1.14. The minimum Gasteiger partial charge on any atom is -0.396 e. The monoisotopic (exact) mass is 248 g/mol. The van der Waals surface area contributed by atoms with Gasteiger partial charge in [-0.15, -0.1) is 0 Å². The van der Waals surface area contributed by atoms with Crippen molar-refractivity contribution in [3.8, 4) is 6.07 Å². The molecule has 0 aromatic heterocycles. The summed E-state index contributed by atoms with van der Waals surface area (Å²) in [4.78, 5) is 9.94. The van der Waals surface area contributed by atoms with Crippen LogP contribution in [0.3, 0.4) is 0 Å². The molecule has 0 radical (unpaired) electrons. The SMILES string of the molecule is N#CC(NC=S)=C(N)c1ccc([N+](=O)[O-])cc1. The highest BCUT2D eigenvalue weighted by Crippen LogP contribution is 2.16. The van der Waals surface area contributed by atoms with E-state index < -0.39 is 4.92 Å². The standard InChI is InChI=1S/C10H8N4O2S/c11-5-9(13-6-17)10(12)7-1-3-8(4-2-7)14(15)16/h1-4,6H,12H2,(H,13,17). The van der Waals surface area contributed by atoms with Crippen molar-refractivity contribution in [1.82, 2.24) is 5.32 Å². The number of nitro benzene ring substituents is 1. The maximum absolute atomic E-state index is 10.5. The first-order valence-corrected chi connectivity index (χ1v) is 4.92. The lowest BCUT2D eigenvalue weighted by atomic mass is 10.1. The number of non-ortho nitro benzene ring substituents is 1. The van der Waals surface area contributed by atoms with E-state index in [9.17, 15) is 10.1 Å². The first-order chi connectivity index (χ1) is 8.10. The summed E-state index contributed by atoms with van der Waals surface area (Å²) in [7, 11) is 0. The summed E-state index contributed by atoms with van der Waals surface area (Å²) < 4.78 is 0. The minimum atomic E-state index is -0.510. The fourth-order valence-corrected chi connectivity index (χ4v) is 1.25. The fraction of sp³-hybridized carbons (Fsp3) is 0. The third kappa shape index (κ3) is 2.99. The van der Waals surface area contributed by atoms with Gasteiger partial charge in [-0.05, 0) is 12.1 Å². The highest BCUT2D eigenvalue weighted by Gasteiger charge is 2.08. The van der Waals surface area contributed by atoms with Crippen molar-refractivity contribution >= 4 is 29.1 Å². The maximum Gasteiger partial charge on any atom is 0.269 e. The highest BCUT2D eigenvalue weighted by atomic mass is 32.1. The second-order valence-electron chi connectivity index (χ2n) is 2.97. The zero-order chi connectivity index (χ0) is 12.8. The third-order valence-corrected chi connectivity index (χ3v) is 2.09. The van der Waals surface area contributed by atoms with Gasteiger partial charge in [0.25, 0.3) is 5.69 Å². The number of nitriles is 1. The van der Waals surface area contributed by atoms with Gasteiger partial charge in [0.1, 0.15) is 11.8 Å². The predicted molar refractivity (Wildman–Crippen MR) is 66.6 cm³/mol. The van der Waals surface area contributed by atoms with Gasteiger partial charge in [-0.1, -0.05) is 12.2 Å². The van der Waals surface area contributed by atoms with E-state index in [0.717, 1.165) is 5.49 Å². The Bertz CT molecular complexity index is 516. The van der Waals surface area contributed by atoms with Crippen LogP contribution in [0.25, 0.3) is 5.70 Å². The number of hydrogen-bond acceptors (Lipinski definition) is 5. The van der Waals surface area contributed by atoms with Gasteiger partial charge in [0.05, 0.1) is 16.1 Å². The Kier molecular flexibility index (Phi) is 4.14. The normalized spacial score (nSPS) is 11.0. The molecule has 0 unspecified atom stereocenters. The zero-order valence-electron chi connectivity index (χ0n) is 8.58. The van der Waals surface area contributed by atoms with Crippen LogP contribution < -0.4 is 11.1 Å². The van der Waals surface area contributed by atoms with E-state index in [1.54, 1.807) is 0 Å². The van der Waals surface area contributed by atoms with Crippen molar-refractivity contribution in [2.75, 3.05) is 0 Å². The van der Waals surface area contributed by atoms with Crippen molar-refractivity contribution in [2.45, 2.75) is 0 Å². The number of hydrogen-bond donors (Lipinski definition) is 2. The molecule has 86 valence electrons. The summed E-state index contributed by atoms with van der Waals surface area (Å²) >= 11 is 4.55. The third-order valence-electron chi connectivity index (χ3n) is 1.97. The molecule has 1 rings (SSSR count). The molecule has 3 N–H and O–H groups in total. The van der Waals surface area contributed by atoms with Crippen LogP contribution >= 0.6 is 12.2 Å². The van der Waals surface area contributed by atoms with Crippen LogP contribution in [0.1, 0.15) is 5.56 Å². The van der Waals surface area contributed by atoms with Gasteiger partial charge in [-0.2, -0.15) is 5.26 Å².